The van der Waals surface area contributed by atoms with Gasteiger partial charge < -0.3 is 14.5 Å². The number of rotatable bonds is 3. The van der Waals surface area contributed by atoms with E-state index in [-0.39, 0.29) is 30.3 Å². The number of likely N-dealkylation sites (tertiary alicyclic amines) is 1. The molecular formula is C13H18N4O3. The third kappa shape index (κ3) is 2.07. The highest BCUT2D eigenvalue weighted by molar-refractivity contribution is 5.98. The second-order valence-corrected chi connectivity index (χ2v) is 5.42. The normalized spacial score (nSPS) is 25.4. The Balaban J connectivity index is 1.69. The van der Waals surface area contributed by atoms with E-state index in [0.29, 0.717) is 19.6 Å². The number of ether oxygens (including phenoxy) is 1. The second-order valence-electron chi connectivity index (χ2n) is 5.42. The molecule has 2 aliphatic heterocycles. The van der Waals surface area contributed by atoms with Crippen molar-refractivity contribution in [3.05, 3.63) is 12.4 Å². The van der Waals surface area contributed by atoms with E-state index in [2.05, 4.69) is 5.10 Å². The fourth-order valence-corrected chi connectivity index (χ4v) is 3.06. The summed E-state index contributed by atoms with van der Waals surface area (Å²) in [5.41, 5.74) is 0.835. The average Bonchev–Trinajstić information content (AvgIpc) is 3.07. The molecule has 0 spiro atoms. The lowest BCUT2D eigenvalue weighted by Crippen LogP contribution is -2.37. The molecule has 7 nitrogen and oxygen atoms in total. The lowest BCUT2D eigenvalue weighted by molar-refractivity contribution is -0.134. The first-order chi connectivity index (χ1) is 9.60. The minimum absolute atomic E-state index is 0.0392. The summed E-state index contributed by atoms with van der Waals surface area (Å²) in [4.78, 5) is 27.8. The van der Waals surface area contributed by atoms with Gasteiger partial charge in [-0.1, -0.05) is 0 Å². The van der Waals surface area contributed by atoms with E-state index >= 15 is 0 Å². The zero-order chi connectivity index (χ0) is 14.3. The van der Waals surface area contributed by atoms with Crippen molar-refractivity contribution in [2.45, 2.75) is 0 Å². The van der Waals surface area contributed by atoms with Gasteiger partial charge in [-0.15, -0.1) is 0 Å². The molecule has 3 rings (SSSR count). The molecule has 0 bridgehead atoms. The summed E-state index contributed by atoms with van der Waals surface area (Å²) >= 11 is 0. The van der Waals surface area contributed by atoms with Crippen molar-refractivity contribution in [3.63, 3.8) is 0 Å². The molecule has 1 aromatic heterocycles. The number of aromatic nitrogens is 2. The molecule has 0 aliphatic carbocycles. The van der Waals surface area contributed by atoms with Gasteiger partial charge in [0, 0.05) is 45.9 Å². The van der Waals surface area contributed by atoms with Crippen molar-refractivity contribution in [1.29, 1.82) is 0 Å². The first-order valence-electron chi connectivity index (χ1n) is 6.67. The fourth-order valence-electron chi connectivity index (χ4n) is 3.06. The number of amides is 2. The van der Waals surface area contributed by atoms with E-state index in [9.17, 15) is 9.59 Å². The number of hydrogen-bond acceptors (Lipinski definition) is 4. The number of hydrogen-bond donors (Lipinski definition) is 0. The van der Waals surface area contributed by atoms with Gasteiger partial charge in [0.15, 0.2) is 0 Å². The summed E-state index contributed by atoms with van der Waals surface area (Å²) in [7, 11) is 3.33. The van der Waals surface area contributed by atoms with Gasteiger partial charge in [-0.2, -0.15) is 5.10 Å². The number of fused-ring (bicyclic) bond motifs is 1. The molecule has 2 fully saturated rings. The summed E-state index contributed by atoms with van der Waals surface area (Å²) in [5.74, 6) is 0.179. The van der Waals surface area contributed by atoms with E-state index in [1.165, 1.54) is 7.11 Å². The number of methoxy groups -OCH3 is 1. The van der Waals surface area contributed by atoms with Gasteiger partial charge in [-0.3, -0.25) is 14.3 Å². The van der Waals surface area contributed by atoms with E-state index in [1.54, 1.807) is 20.7 Å². The van der Waals surface area contributed by atoms with E-state index in [0.717, 1.165) is 5.69 Å². The SMILES string of the molecule is COCC(=O)N1C[C@H]2CN(c3cnn(C)c3)C(=O)[C@H]2C1. The van der Waals surface area contributed by atoms with Crippen LogP contribution < -0.4 is 4.90 Å². The Morgan fingerprint density at radius 2 is 2.25 bits per heavy atom. The molecule has 2 saturated heterocycles. The topological polar surface area (TPSA) is 67.7 Å². The Bertz CT molecular complexity index is 541. The Morgan fingerprint density at radius 3 is 2.85 bits per heavy atom. The van der Waals surface area contributed by atoms with Crippen LogP contribution in [0.1, 0.15) is 0 Å². The third-order valence-electron chi connectivity index (χ3n) is 4.06. The van der Waals surface area contributed by atoms with Crippen LogP contribution in [0, 0.1) is 11.8 Å². The molecule has 1 aromatic rings. The minimum Gasteiger partial charge on any atom is -0.375 e. The fraction of sp³-hybridized carbons (Fsp3) is 0.615. The highest BCUT2D eigenvalue weighted by atomic mass is 16.5. The predicted molar refractivity (Wildman–Crippen MR) is 71.0 cm³/mol. The third-order valence-corrected chi connectivity index (χ3v) is 4.06. The Morgan fingerprint density at radius 1 is 1.45 bits per heavy atom. The lowest BCUT2D eigenvalue weighted by atomic mass is 10.0. The van der Waals surface area contributed by atoms with Gasteiger partial charge in [0.25, 0.3) is 0 Å². The van der Waals surface area contributed by atoms with Gasteiger partial charge in [-0.25, -0.2) is 0 Å². The summed E-state index contributed by atoms with van der Waals surface area (Å²) in [6.07, 6.45) is 3.54. The first-order valence-corrected chi connectivity index (χ1v) is 6.67. The molecule has 2 aliphatic rings. The largest absolute Gasteiger partial charge is 0.375 e. The monoisotopic (exact) mass is 278 g/mol. The van der Waals surface area contributed by atoms with Crippen LogP contribution in [0.25, 0.3) is 0 Å². The van der Waals surface area contributed by atoms with Crippen molar-refractivity contribution < 1.29 is 14.3 Å². The van der Waals surface area contributed by atoms with Crippen LogP contribution in [0.4, 0.5) is 5.69 Å². The van der Waals surface area contributed by atoms with Gasteiger partial charge in [0.2, 0.25) is 11.8 Å². The zero-order valence-electron chi connectivity index (χ0n) is 11.7. The van der Waals surface area contributed by atoms with Gasteiger partial charge in [0.1, 0.15) is 6.61 Å². The van der Waals surface area contributed by atoms with E-state index < -0.39 is 0 Å². The maximum atomic E-state index is 12.4. The van der Waals surface area contributed by atoms with E-state index in [1.807, 2.05) is 13.2 Å². The Labute approximate surface area is 117 Å². The summed E-state index contributed by atoms with van der Waals surface area (Å²) in [5, 5.41) is 4.10. The van der Waals surface area contributed by atoms with Crippen LogP contribution in [0.3, 0.4) is 0 Å². The molecule has 2 atom stereocenters. The molecular weight excluding hydrogens is 260 g/mol. The highest BCUT2D eigenvalue weighted by Gasteiger charge is 2.47. The van der Waals surface area contributed by atoms with Crippen LogP contribution >= 0.6 is 0 Å². The molecule has 2 amide bonds. The molecule has 0 radical (unpaired) electrons. The van der Waals surface area contributed by atoms with Gasteiger partial charge >= 0.3 is 0 Å². The molecule has 3 heterocycles. The van der Waals surface area contributed by atoms with Crippen LogP contribution in [-0.2, 0) is 21.4 Å². The maximum absolute atomic E-state index is 12.4. The molecule has 0 unspecified atom stereocenters. The van der Waals surface area contributed by atoms with Crippen molar-refractivity contribution in [1.82, 2.24) is 14.7 Å². The van der Waals surface area contributed by atoms with Crippen molar-refractivity contribution >= 4 is 17.5 Å². The maximum Gasteiger partial charge on any atom is 0.248 e. The minimum atomic E-state index is -0.0870. The molecule has 7 heteroatoms. The van der Waals surface area contributed by atoms with E-state index in [4.69, 9.17) is 4.74 Å². The Kier molecular flexibility index (Phi) is 3.21. The van der Waals surface area contributed by atoms with Crippen LogP contribution in [0.5, 0.6) is 0 Å². The number of carbonyl (C=O) groups excluding carboxylic acids is 2. The van der Waals surface area contributed by atoms with Crippen molar-refractivity contribution in [2.24, 2.45) is 18.9 Å². The predicted octanol–water partition coefficient (Wildman–Crippen LogP) is -0.512. The van der Waals surface area contributed by atoms with Crippen LogP contribution in [0.15, 0.2) is 12.4 Å². The molecule has 108 valence electrons. The summed E-state index contributed by atoms with van der Waals surface area (Å²) in [6, 6.07) is 0. The molecule has 0 saturated carbocycles. The second kappa shape index (κ2) is 4.90. The number of nitrogens with zero attached hydrogens (tertiary/aromatic N) is 4. The molecule has 0 N–H and O–H groups in total. The van der Waals surface area contributed by atoms with Gasteiger partial charge in [-0.05, 0) is 0 Å². The lowest BCUT2D eigenvalue weighted by Gasteiger charge is -2.20. The van der Waals surface area contributed by atoms with Gasteiger partial charge in [0.05, 0.1) is 17.8 Å². The summed E-state index contributed by atoms with van der Waals surface area (Å²) < 4.78 is 6.55. The first kappa shape index (κ1) is 13.1. The standard InChI is InChI=1S/C13H18N4O3/c1-15-6-10(3-14-15)17-5-9-4-16(12(18)8-20-2)7-11(9)13(17)19/h3,6,9,11H,4-5,7-8H2,1-2H3/t9-,11-/m0/s1. The van der Waals surface area contributed by atoms with Crippen LogP contribution in [-0.4, -0.2) is 59.8 Å². The average molecular weight is 278 g/mol. The Hall–Kier alpha value is -1.89. The number of anilines is 1. The highest BCUT2D eigenvalue weighted by Crippen LogP contribution is 2.34. The van der Waals surface area contributed by atoms with Crippen molar-refractivity contribution in [2.75, 3.05) is 38.3 Å². The number of aryl methyl sites for hydroxylation is 1. The quantitative estimate of drug-likeness (QED) is 0.746. The zero-order valence-corrected chi connectivity index (χ0v) is 11.7. The van der Waals surface area contributed by atoms with Crippen molar-refractivity contribution in [3.8, 4) is 0 Å². The molecule has 20 heavy (non-hydrogen) atoms. The number of carbonyl (C=O) groups is 2. The molecule has 0 aromatic carbocycles. The smallest absolute Gasteiger partial charge is 0.248 e. The summed E-state index contributed by atoms with van der Waals surface area (Å²) in [6.45, 7) is 1.88. The van der Waals surface area contributed by atoms with Crippen LogP contribution in [0.2, 0.25) is 0 Å².